The number of amides is 2. The molecule has 48 heavy (non-hydrogen) atoms. The predicted octanol–water partition coefficient (Wildman–Crippen LogP) is 8.92. The van der Waals surface area contributed by atoms with Crippen LogP contribution in [0.15, 0.2) is 64.8 Å². The topological polar surface area (TPSA) is 62.7 Å². The monoisotopic (exact) mass is 707 g/mol. The molecular formula is C34H31F6N3O3S2. The maximum absolute atomic E-state index is 14.5. The van der Waals surface area contributed by atoms with Crippen LogP contribution in [-0.4, -0.2) is 45.4 Å². The van der Waals surface area contributed by atoms with E-state index in [2.05, 4.69) is 4.98 Å². The Morgan fingerprint density at radius 3 is 2.48 bits per heavy atom. The van der Waals surface area contributed by atoms with Crippen LogP contribution in [0.3, 0.4) is 0 Å². The van der Waals surface area contributed by atoms with Crippen molar-refractivity contribution in [3.05, 3.63) is 92.1 Å². The molecule has 254 valence electrons. The molecule has 3 atom stereocenters. The molecule has 3 aromatic heterocycles. The Morgan fingerprint density at radius 1 is 0.979 bits per heavy atom. The van der Waals surface area contributed by atoms with Crippen molar-refractivity contribution in [3.8, 4) is 16.9 Å². The van der Waals surface area contributed by atoms with Crippen LogP contribution in [0.25, 0.3) is 11.1 Å². The third-order valence-electron chi connectivity index (χ3n) is 8.81. The number of piperidine rings is 1. The summed E-state index contributed by atoms with van der Waals surface area (Å²) in [5, 5.41) is 5.22. The average Bonchev–Trinajstić information content (AvgIpc) is 3.77. The molecule has 0 spiro atoms. The van der Waals surface area contributed by atoms with Gasteiger partial charge in [0.15, 0.2) is 6.23 Å². The molecule has 2 aliphatic heterocycles. The SMILES string of the molecule is CCC[C@@H]1[C@H](C(=O)N2Cc3ccc(-c4ccsc4)cc3CC2Oc2csc(C(F)(F)F)c2)CCCN1C(=O)c1ncccc1C(F)(F)F. The number of carbonyl (C=O) groups excluding carboxylic acids is 2. The van der Waals surface area contributed by atoms with E-state index in [0.717, 1.165) is 46.6 Å². The van der Waals surface area contributed by atoms with Crippen LogP contribution in [0.2, 0.25) is 0 Å². The van der Waals surface area contributed by atoms with Crippen molar-refractivity contribution in [2.45, 2.75) is 70.2 Å². The highest BCUT2D eigenvalue weighted by atomic mass is 32.1. The number of rotatable bonds is 7. The summed E-state index contributed by atoms with van der Waals surface area (Å²) in [6.07, 6.45) is -7.32. The van der Waals surface area contributed by atoms with E-state index in [9.17, 15) is 35.9 Å². The van der Waals surface area contributed by atoms with E-state index in [1.807, 2.05) is 41.9 Å². The number of aromatic nitrogens is 1. The van der Waals surface area contributed by atoms with Crippen molar-refractivity contribution in [3.63, 3.8) is 0 Å². The van der Waals surface area contributed by atoms with Gasteiger partial charge in [-0.3, -0.25) is 14.6 Å². The first-order valence-corrected chi connectivity index (χ1v) is 17.3. The highest BCUT2D eigenvalue weighted by Gasteiger charge is 2.45. The number of nitrogens with zero attached hydrogens (tertiary/aromatic N) is 3. The zero-order chi connectivity index (χ0) is 34.2. The molecule has 1 aromatic carbocycles. The lowest BCUT2D eigenvalue weighted by Gasteiger charge is -2.44. The number of thiophene rings is 2. The van der Waals surface area contributed by atoms with Gasteiger partial charge in [0.25, 0.3) is 5.91 Å². The Balaban J connectivity index is 1.33. The second kappa shape index (κ2) is 13.5. The lowest BCUT2D eigenvalue weighted by atomic mass is 9.84. The van der Waals surface area contributed by atoms with Gasteiger partial charge in [0.1, 0.15) is 16.3 Å². The largest absolute Gasteiger partial charge is 0.469 e. The van der Waals surface area contributed by atoms with Crippen LogP contribution in [0.1, 0.15) is 64.7 Å². The van der Waals surface area contributed by atoms with Gasteiger partial charge < -0.3 is 14.5 Å². The normalized spacial score (nSPS) is 20.0. The maximum Gasteiger partial charge on any atom is 0.425 e. The molecule has 2 aliphatic rings. The Labute approximate surface area is 281 Å². The highest BCUT2D eigenvalue weighted by Crippen LogP contribution is 2.40. The van der Waals surface area contributed by atoms with Gasteiger partial charge in [0.05, 0.1) is 11.5 Å². The lowest BCUT2D eigenvalue weighted by Crippen LogP contribution is -2.57. The van der Waals surface area contributed by atoms with Crippen molar-refractivity contribution in [1.82, 2.24) is 14.8 Å². The van der Waals surface area contributed by atoms with E-state index in [4.69, 9.17) is 4.74 Å². The molecule has 0 radical (unpaired) electrons. The van der Waals surface area contributed by atoms with E-state index in [-0.39, 0.29) is 31.2 Å². The summed E-state index contributed by atoms with van der Waals surface area (Å²) >= 11 is 2.05. The molecule has 4 aromatic rings. The highest BCUT2D eigenvalue weighted by molar-refractivity contribution is 7.10. The Morgan fingerprint density at radius 2 is 1.79 bits per heavy atom. The third kappa shape index (κ3) is 6.95. The molecule has 1 unspecified atom stereocenters. The van der Waals surface area contributed by atoms with Crippen LogP contribution in [-0.2, 0) is 30.1 Å². The van der Waals surface area contributed by atoms with Crippen LogP contribution in [0.4, 0.5) is 26.3 Å². The molecular weight excluding hydrogens is 677 g/mol. The first-order valence-electron chi connectivity index (χ1n) is 15.5. The summed E-state index contributed by atoms with van der Waals surface area (Å²) in [6.45, 7) is 2.13. The van der Waals surface area contributed by atoms with E-state index in [1.54, 1.807) is 11.3 Å². The first kappa shape index (κ1) is 34.0. The minimum atomic E-state index is -4.80. The standard InChI is InChI=1S/C34H31F6N3O3S2/c1-2-5-27-25(6-4-12-42(27)32(45)30-26(33(35,36)37)7-3-11-41-30)31(44)43-17-21-9-8-20(22-10-13-47-18-22)14-23(21)15-29(43)46-24-16-28(48-19-24)34(38,39)40/h3,7-11,13-14,16,18-19,25,27,29H,2,4-6,12,15,17H2,1H3/t25-,27-,29?/m1/s1. The van der Waals surface area contributed by atoms with Crippen molar-refractivity contribution < 1.29 is 40.7 Å². The summed E-state index contributed by atoms with van der Waals surface area (Å²) in [4.78, 5) is 34.0. The molecule has 2 amide bonds. The van der Waals surface area contributed by atoms with Gasteiger partial charge in [0, 0.05) is 43.2 Å². The van der Waals surface area contributed by atoms with Gasteiger partial charge in [-0.25, -0.2) is 0 Å². The first-order chi connectivity index (χ1) is 22.8. The number of pyridine rings is 1. The second-order valence-corrected chi connectivity index (χ2v) is 13.6. The Bertz CT molecular complexity index is 1770. The second-order valence-electron chi connectivity index (χ2n) is 11.9. The molecule has 6 nitrogen and oxygen atoms in total. The fourth-order valence-corrected chi connectivity index (χ4v) is 7.93. The van der Waals surface area contributed by atoms with E-state index in [1.165, 1.54) is 15.2 Å². The van der Waals surface area contributed by atoms with Crippen LogP contribution in [0.5, 0.6) is 5.75 Å². The van der Waals surface area contributed by atoms with Crippen molar-refractivity contribution in [2.75, 3.05) is 6.54 Å². The summed E-state index contributed by atoms with van der Waals surface area (Å²) in [5.41, 5.74) is 1.85. The molecule has 6 rings (SSSR count). The summed E-state index contributed by atoms with van der Waals surface area (Å²) in [6, 6.07) is 9.98. The maximum atomic E-state index is 14.5. The molecule has 0 N–H and O–H groups in total. The van der Waals surface area contributed by atoms with Gasteiger partial charge in [-0.2, -0.15) is 37.7 Å². The molecule has 5 heterocycles. The number of hydrogen-bond acceptors (Lipinski definition) is 6. The minimum absolute atomic E-state index is 0.0204. The van der Waals surface area contributed by atoms with Gasteiger partial charge in [-0.05, 0) is 70.5 Å². The smallest absolute Gasteiger partial charge is 0.425 e. The fourth-order valence-electron chi connectivity index (χ4n) is 6.58. The van der Waals surface area contributed by atoms with Gasteiger partial charge in [0.2, 0.25) is 5.91 Å². The fraction of sp³-hybridized carbons (Fsp3) is 0.382. The molecule has 14 heteroatoms. The van der Waals surface area contributed by atoms with Crippen LogP contribution in [0, 0.1) is 5.92 Å². The number of fused-ring (bicyclic) bond motifs is 1. The minimum Gasteiger partial charge on any atom is -0.469 e. The third-order valence-corrected chi connectivity index (χ3v) is 10.4. The predicted molar refractivity (Wildman–Crippen MR) is 169 cm³/mol. The van der Waals surface area contributed by atoms with Gasteiger partial charge in [-0.1, -0.05) is 31.5 Å². The van der Waals surface area contributed by atoms with E-state index >= 15 is 0 Å². The number of carbonyl (C=O) groups is 2. The lowest BCUT2D eigenvalue weighted by molar-refractivity contribution is -0.150. The Hall–Kier alpha value is -3.91. The zero-order valence-corrected chi connectivity index (χ0v) is 27.3. The molecule has 1 fully saturated rings. The van der Waals surface area contributed by atoms with Crippen molar-refractivity contribution in [2.24, 2.45) is 5.92 Å². The molecule has 0 aliphatic carbocycles. The summed E-state index contributed by atoms with van der Waals surface area (Å²) in [5.74, 6) is -2.05. The number of hydrogen-bond donors (Lipinski definition) is 0. The van der Waals surface area contributed by atoms with Crippen molar-refractivity contribution >= 4 is 34.5 Å². The van der Waals surface area contributed by atoms with Crippen molar-refractivity contribution in [1.29, 1.82) is 0 Å². The Kier molecular flexibility index (Phi) is 9.58. The van der Waals surface area contributed by atoms with E-state index < -0.39 is 52.6 Å². The number of alkyl halides is 6. The number of likely N-dealkylation sites (tertiary alicyclic amines) is 1. The quantitative estimate of drug-likeness (QED) is 0.180. The summed E-state index contributed by atoms with van der Waals surface area (Å²) in [7, 11) is 0. The molecule has 0 bridgehead atoms. The average molecular weight is 708 g/mol. The van der Waals surface area contributed by atoms with Crippen LogP contribution < -0.4 is 4.74 Å². The number of halogens is 6. The summed E-state index contributed by atoms with van der Waals surface area (Å²) < 4.78 is 87.9. The van der Waals surface area contributed by atoms with Gasteiger partial charge >= 0.3 is 12.4 Å². The molecule has 0 saturated carbocycles. The zero-order valence-electron chi connectivity index (χ0n) is 25.7. The van der Waals surface area contributed by atoms with Gasteiger partial charge in [-0.15, -0.1) is 11.3 Å². The van der Waals surface area contributed by atoms with E-state index in [0.29, 0.717) is 37.0 Å². The van der Waals surface area contributed by atoms with Crippen LogP contribution >= 0.6 is 22.7 Å². The number of benzene rings is 1. The number of ether oxygens (including phenoxy) is 1. The molecule has 1 saturated heterocycles.